The molecular weight excluding hydrogens is 256 g/mol. The maximum atomic E-state index is 13.0. The average Bonchev–Trinajstić information content (AvgIpc) is 2.81. The summed E-state index contributed by atoms with van der Waals surface area (Å²) in [6.45, 7) is 0. The first-order valence-corrected chi connectivity index (χ1v) is 5.96. The van der Waals surface area contributed by atoms with Gasteiger partial charge in [-0.15, -0.1) is 0 Å². The van der Waals surface area contributed by atoms with Crippen LogP contribution in [0.2, 0.25) is 0 Å². The molecule has 4 nitrogen and oxygen atoms in total. The third-order valence-corrected chi connectivity index (χ3v) is 3.30. The Balaban J connectivity index is 1.98. The van der Waals surface area contributed by atoms with E-state index < -0.39 is 29.4 Å². The highest BCUT2D eigenvalue weighted by molar-refractivity contribution is 5.94. The topological polar surface area (TPSA) is 66.4 Å². The maximum Gasteiger partial charge on any atom is 0.306 e. The minimum atomic E-state index is -1.08. The summed E-state index contributed by atoms with van der Waals surface area (Å²) in [5.41, 5.74) is 0.0256. The molecule has 0 spiro atoms. The Kier molecular flexibility index (Phi) is 3.78. The van der Waals surface area contributed by atoms with E-state index in [0.717, 1.165) is 12.1 Å². The van der Waals surface area contributed by atoms with E-state index >= 15 is 0 Å². The summed E-state index contributed by atoms with van der Waals surface area (Å²) in [7, 11) is 0. The van der Waals surface area contributed by atoms with E-state index in [4.69, 9.17) is 5.11 Å². The molecule has 1 amide bonds. The summed E-state index contributed by atoms with van der Waals surface area (Å²) in [6.07, 6.45) is 1.45. The number of carbonyl (C=O) groups excluding carboxylic acids is 1. The van der Waals surface area contributed by atoms with E-state index in [9.17, 15) is 18.4 Å². The van der Waals surface area contributed by atoms with Gasteiger partial charge in [0.25, 0.3) is 5.91 Å². The predicted octanol–water partition coefficient (Wildman–Crippen LogP) is 1.95. The molecule has 19 heavy (non-hydrogen) atoms. The van der Waals surface area contributed by atoms with Gasteiger partial charge in [0.15, 0.2) is 11.6 Å². The fraction of sp³-hybridized carbons (Fsp3) is 0.385. The van der Waals surface area contributed by atoms with Crippen molar-refractivity contribution in [2.24, 2.45) is 5.92 Å². The molecular formula is C13H13F2NO3. The Morgan fingerprint density at radius 3 is 2.53 bits per heavy atom. The Morgan fingerprint density at radius 1 is 1.21 bits per heavy atom. The molecule has 1 aromatic carbocycles. The molecule has 0 aromatic heterocycles. The SMILES string of the molecule is O=C(NC1CCC(C(=O)O)C1)c1ccc(F)c(F)c1. The Bertz CT molecular complexity index is 519. The largest absolute Gasteiger partial charge is 0.481 e. The van der Waals surface area contributed by atoms with Crippen molar-refractivity contribution in [3.8, 4) is 0 Å². The first-order chi connectivity index (χ1) is 8.97. The minimum absolute atomic E-state index is 0.0256. The quantitative estimate of drug-likeness (QED) is 0.881. The normalized spacial score (nSPS) is 22.2. The zero-order chi connectivity index (χ0) is 14.0. The Labute approximate surface area is 108 Å². The van der Waals surface area contributed by atoms with Crippen molar-refractivity contribution >= 4 is 11.9 Å². The first-order valence-electron chi connectivity index (χ1n) is 5.96. The van der Waals surface area contributed by atoms with Crippen LogP contribution in [0, 0.1) is 17.6 Å². The summed E-state index contributed by atoms with van der Waals surface area (Å²) in [5.74, 6) is -3.93. The van der Waals surface area contributed by atoms with Crippen molar-refractivity contribution in [3.05, 3.63) is 35.4 Å². The van der Waals surface area contributed by atoms with E-state index in [1.54, 1.807) is 0 Å². The van der Waals surface area contributed by atoms with Crippen molar-refractivity contribution < 1.29 is 23.5 Å². The van der Waals surface area contributed by atoms with Crippen LogP contribution in [-0.2, 0) is 4.79 Å². The van der Waals surface area contributed by atoms with Gasteiger partial charge in [-0.1, -0.05) is 0 Å². The molecule has 0 heterocycles. The van der Waals surface area contributed by atoms with Crippen molar-refractivity contribution in [2.75, 3.05) is 0 Å². The average molecular weight is 269 g/mol. The van der Waals surface area contributed by atoms with E-state index in [2.05, 4.69) is 5.32 Å². The Hall–Kier alpha value is -1.98. The predicted molar refractivity (Wildman–Crippen MR) is 62.6 cm³/mol. The lowest BCUT2D eigenvalue weighted by Gasteiger charge is -2.12. The van der Waals surface area contributed by atoms with Gasteiger partial charge in [-0.25, -0.2) is 8.78 Å². The number of aliphatic carboxylic acids is 1. The van der Waals surface area contributed by atoms with Crippen molar-refractivity contribution in [1.82, 2.24) is 5.32 Å². The van der Waals surface area contributed by atoms with Crippen LogP contribution in [0.3, 0.4) is 0 Å². The second-order valence-corrected chi connectivity index (χ2v) is 4.65. The first kappa shape index (κ1) is 13.5. The molecule has 1 aliphatic carbocycles. The van der Waals surface area contributed by atoms with Crippen molar-refractivity contribution in [3.63, 3.8) is 0 Å². The smallest absolute Gasteiger partial charge is 0.306 e. The van der Waals surface area contributed by atoms with Gasteiger partial charge in [0.2, 0.25) is 0 Å². The zero-order valence-corrected chi connectivity index (χ0v) is 10.0. The molecule has 1 aromatic rings. The standard InChI is InChI=1S/C13H13F2NO3/c14-10-4-2-7(6-11(10)15)12(17)16-9-3-1-8(5-9)13(18)19/h2,4,6,8-9H,1,3,5H2,(H,16,17)(H,18,19). The molecule has 2 unspecified atom stereocenters. The number of hydrogen-bond acceptors (Lipinski definition) is 2. The van der Waals surface area contributed by atoms with Gasteiger partial charge in [-0.05, 0) is 37.5 Å². The molecule has 102 valence electrons. The number of carboxylic acids is 1. The van der Waals surface area contributed by atoms with Crippen LogP contribution < -0.4 is 5.32 Å². The highest BCUT2D eigenvalue weighted by Gasteiger charge is 2.30. The highest BCUT2D eigenvalue weighted by Crippen LogP contribution is 2.25. The van der Waals surface area contributed by atoms with Gasteiger partial charge >= 0.3 is 5.97 Å². The van der Waals surface area contributed by atoms with E-state index in [1.165, 1.54) is 6.07 Å². The second-order valence-electron chi connectivity index (χ2n) is 4.65. The van der Waals surface area contributed by atoms with Crippen LogP contribution in [0.5, 0.6) is 0 Å². The number of hydrogen-bond donors (Lipinski definition) is 2. The number of carbonyl (C=O) groups is 2. The van der Waals surface area contributed by atoms with Gasteiger partial charge < -0.3 is 10.4 Å². The van der Waals surface area contributed by atoms with Gasteiger partial charge in [0.05, 0.1) is 5.92 Å². The molecule has 1 saturated carbocycles. The number of carboxylic acid groups (broad SMARTS) is 1. The number of nitrogens with one attached hydrogen (secondary N) is 1. The maximum absolute atomic E-state index is 13.0. The van der Waals surface area contributed by atoms with Crippen LogP contribution >= 0.6 is 0 Å². The fourth-order valence-electron chi connectivity index (χ4n) is 2.24. The number of halogens is 2. The summed E-state index contributed by atoms with van der Waals surface area (Å²) in [6, 6.07) is 2.67. The van der Waals surface area contributed by atoms with E-state index in [-0.39, 0.29) is 11.6 Å². The zero-order valence-electron chi connectivity index (χ0n) is 10.0. The van der Waals surface area contributed by atoms with E-state index in [1.807, 2.05) is 0 Å². The third kappa shape index (κ3) is 3.07. The lowest BCUT2D eigenvalue weighted by Crippen LogP contribution is -2.33. The molecule has 2 rings (SSSR count). The molecule has 1 aliphatic rings. The second kappa shape index (κ2) is 5.34. The number of benzene rings is 1. The summed E-state index contributed by atoms with van der Waals surface area (Å²) >= 11 is 0. The summed E-state index contributed by atoms with van der Waals surface area (Å²) in [5, 5.41) is 11.5. The molecule has 0 radical (unpaired) electrons. The highest BCUT2D eigenvalue weighted by atomic mass is 19.2. The van der Waals surface area contributed by atoms with Crippen LogP contribution in [0.4, 0.5) is 8.78 Å². The molecule has 0 aliphatic heterocycles. The minimum Gasteiger partial charge on any atom is -0.481 e. The monoisotopic (exact) mass is 269 g/mol. The summed E-state index contributed by atoms with van der Waals surface area (Å²) in [4.78, 5) is 22.6. The number of rotatable bonds is 3. The van der Waals surface area contributed by atoms with E-state index in [0.29, 0.717) is 19.3 Å². The van der Waals surface area contributed by atoms with Crippen molar-refractivity contribution in [2.45, 2.75) is 25.3 Å². The molecule has 0 bridgehead atoms. The fourth-order valence-corrected chi connectivity index (χ4v) is 2.24. The van der Waals surface area contributed by atoms with Crippen molar-refractivity contribution in [1.29, 1.82) is 0 Å². The van der Waals surface area contributed by atoms with Gasteiger partial charge in [0, 0.05) is 11.6 Å². The van der Waals surface area contributed by atoms with Crippen LogP contribution in [-0.4, -0.2) is 23.0 Å². The lowest BCUT2D eigenvalue weighted by molar-refractivity contribution is -0.141. The van der Waals surface area contributed by atoms with Gasteiger partial charge in [-0.2, -0.15) is 0 Å². The van der Waals surface area contributed by atoms with Crippen LogP contribution in [0.25, 0.3) is 0 Å². The van der Waals surface area contributed by atoms with Crippen LogP contribution in [0.15, 0.2) is 18.2 Å². The molecule has 6 heteroatoms. The number of amides is 1. The lowest BCUT2D eigenvalue weighted by atomic mass is 10.1. The molecule has 0 saturated heterocycles. The molecule has 2 N–H and O–H groups in total. The summed E-state index contributed by atoms with van der Waals surface area (Å²) < 4.78 is 25.7. The van der Waals surface area contributed by atoms with Gasteiger partial charge in [0.1, 0.15) is 0 Å². The molecule has 1 fully saturated rings. The third-order valence-electron chi connectivity index (χ3n) is 3.30. The Morgan fingerprint density at radius 2 is 1.95 bits per heavy atom. The molecule has 2 atom stereocenters. The van der Waals surface area contributed by atoms with Gasteiger partial charge in [-0.3, -0.25) is 9.59 Å². The van der Waals surface area contributed by atoms with Crippen LogP contribution in [0.1, 0.15) is 29.6 Å².